The summed E-state index contributed by atoms with van der Waals surface area (Å²) in [6.07, 6.45) is 2.37. The highest BCUT2D eigenvalue weighted by atomic mass is 31.2. The fraction of sp³-hybridized carbons (Fsp3) is 0.520. The van der Waals surface area contributed by atoms with Gasteiger partial charge in [0.15, 0.2) is 0 Å². The minimum atomic E-state index is -4.36. The van der Waals surface area contributed by atoms with Gasteiger partial charge in [-0.3, -0.25) is 4.89 Å². The van der Waals surface area contributed by atoms with Gasteiger partial charge in [0, 0.05) is 17.5 Å². The van der Waals surface area contributed by atoms with Gasteiger partial charge in [-0.05, 0) is 45.9 Å². The number of rotatable bonds is 2. The van der Waals surface area contributed by atoms with Gasteiger partial charge in [0.2, 0.25) is 0 Å². The largest absolute Gasteiger partial charge is 0.584 e. The first kappa shape index (κ1) is 22.9. The molecule has 0 aromatic heterocycles. The molecule has 5 heteroatoms. The molecule has 1 heterocycles. The van der Waals surface area contributed by atoms with E-state index in [0.717, 1.165) is 35.1 Å². The molecule has 0 amide bonds. The van der Waals surface area contributed by atoms with Crippen LogP contribution >= 0.6 is 7.82 Å². The Bertz CT molecular complexity index is 932. The topological polar surface area (TPSA) is 55.8 Å². The molecule has 2 aromatic carbocycles. The highest BCUT2D eigenvalue weighted by Crippen LogP contribution is 2.53. The molecule has 0 atom stereocenters. The van der Waals surface area contributed by atoms with E-state index in [0.29, 0.717) is 17.9 Å². The Hall–Kier alpha value is -1.77. The van der Waals surface area contributed by atoms with E-state index in [1.807, 2.05) is 0 Å². The van der Waals surface area contributed by atoms with E-state index >= 15 is 0 Å². The Balaban J connectivity index is 2.35. The Morgan fingerprint density at radius 2 is 1.17 bits per heavy atom. The predicted molar refractivity (Wildman–Crippen MR) is 123 cm³/mol. The Kier molecular flexibility index (Phi) is 5.90. The Labute approximate surface area is 181 Å². The summed E-state index contributed by atoms with van der Waals surface area (Å²) in [4.78, 5) is 10.7. The maximum absolute atomic E-state index is 13.1. The molecule has 1 aliphatic rings. The first-order valence-corrected chi connectivity index (χ1v) is 12.3. The third kappa shape index (κ3) is 4.60. The molecule has 0 aliphatic carbocycles. The van der Waals surface area contributed by atoms with E-state index in [-0.39, 0.29) is 10.8 Å². The molecular weight excluding hydrogens is 395 g/mol. The molecule has 2 aromatic rings. The molecule has 0 unspecified atom stereocenters. The zero-order chi connectivity index (χ0) is 22.5. The van der Waals surface area contributed by atoms with Crippen LogP contribution < -0.4 is 9.05 Å². The maximum atomic E-state index is 13.1. The summed E-state index contributed by atoms with van der Waals surface area (Å²) < 4.78 is 24.6. The lowest BCUT2D eigenvalue weighted by Gasteiger charge is -2.31. The summed E-state index contributed by atoms with van der Waals surface area (Å²) in [5.74, 6) is 0.964. The summed E-state index contributed by atoms with van der Waals surface area (Å²) >= 11 is 0. The fourth-order valence-electron chi connectivity index (χ4n) is 3.97. The highest BCUT2D eigenvalue weighted by Gasteiger charge is 2.36. The van der Waals surface area contributed by atoms with Gasteiger partial charge in [-0.25, -0.2) is 4.57 Å². The second-order valence-corrected chi connectivity index (χ2v) is 11.6. The van der Waals surface area contributed by atoms with Crippen LogP contribution in [0.4, 0.5) is 0 Å². The van der Waals surface area contributed by atoms with Crippen LogP contribution in [0.2, 0.25) is 0 Å². The number of hydrogen-bond donors (Lipinski definition) is 1. The molecular formula is C25H35O4P. The number of fused-ring (bicyclic) bond motifs is 2. The third-order valence-electron chi connectivity index (χ3n) is 5.68. The van der Waals surface area contributed by atoms with Gasteiger partial charge >= 0.3 is 7.82 Å². The molecule has 0 saturated carbocycles. The molecule has 164 valence electrons. The van der Waals surface area contributed by atoms with Crippen molar-refractivity contribution >= 4 is 7.82 Å². The van der Waals surface area contributed by atoms with Gasteiger partial charge in [-0.2, -0.15) is 0 Å². The maximum Gasteiger partial charge on any atom is 0.584 e. The van der Waals surface area contributed by atoms with Crippen molar-refractivity contribution in [3.63, 3.8) is 0 Å². The highest BCUT2D eigenvalue weighted by molar-refractivity contribution is 7.48. The molecule has 0 spiro atoms. The average molecular weight is 431 g/mol. The average Bonchev–Trinajstić information content (AvgIpc) is 2.60. The number of aryl methyl sites for hydroxylation is 2. The van der Waals surface area contributed by atoms with Gasteiger partial charge in [0.05, 0.1) is 0 Å². The molecule has 0 radical (unpaired) electrons. The fourth-order valence-corrected chi connectivity index (χ4v) is 4.89. The van der Waals surface area contributed by atoms with Crippen molar-refractivity contribution in [3.05, 3.63) is 57.6 Å². The lowest BCUT2D eigenvalue weighted by atomic mass is 9.81. The zero-order valence-corrected chi connectivity index (χ0v) is 20.4. The van der Waals surface area contributed by atoms with E-state index < -0.39 is 7.82 Å². The van der Waals surface area contributed by atoms with E-state index in [9.17, 15) is 9.46 Å². The lowest BCUT2D eigenvalue weighted by Crippen LogP contribution is -2.19. The van der Waals surface area contributed by atoms with E-state index in [1.165, 1.54) is 11.1 Å². The number of benzene rings is 2. The summed E-state index contributed by atoms with van der Waals surface area (Å²) in [6.45, 7) is 16.8. The van der Waals surface area contributed by atoms with Crippen LogP contribution in [-0.4, -0.2) is 4.89 Å². The van der Waals surface area contributed by atoms with Crippen molar-refractivity contribution in [2.75, 3.05) is 0 Å². The number of hydrogen-bond acceptors (Lipinski definition) is 3. The SMILES string of the molecule is CCc1cc2c(c(C(C)(C)C)c1)OP(=O)(O)Oc1c(cc(CC)cc1C(C)(C)C)C2. The van der Waals surface area contributed by atoms with Crippen molar-refractivity contribution in [2.45, 2.75) is 85.5 Å². The number of phosphoric acid groups is 1. The molecule has 4 nitrogen and oxygen atoms in total. The minimum absolute atomic E-state index is 0.237. The monoisotopic (exact) mass is 430 g/mol. The summed E-state index contributed by atoms with van der Waals surface area (Å²) in [7, 11) is -4.36. The predicted octanol–water partition coefficient (Wildman–Crippen LogP) is 6.87. The van der Waals surface area contributed by atoms with Crippen LogP contribution in [-0.2, 0) is 34.7 Å². The smallest absolute Gasteiger partial charge is 0.395 e. The molecule has 0 saturated heterocycles. The third-order valence-corrected chi connectivity index (χ3v) is 6.50. The molecule has 0 fully saturated rings. The van der Waals surface area contributed by atoms with Crippen LogP contribution in [0, 0.1) is 0 Å². The first-order chi connectivity index (χ1) is 13.7. The normalized spacial score (nSPS) is 15.9. The van der Waals surface area contributed by atoms with Crippen LogP contribution in [0.5, 0.6) is 11.5 Å². The van der Waals surface area contributed by atoms with Crippen molar-refractivity contribution in [1.29, 1.82) is 0 Å². The Morgan fingerprint density at radius 3 is 1.47 bits per heavy atom. The summed E-state index contributed by atoms with van der Waals surface area (Å²) in [5, 5.41) is 0. The second kappa shape index (κ2) is 7.73. The summed E-state index contributed by atoms with van der Waals surface area (Å²) in [6, 6.07) is 8.39. The van der Waals surface area contributed by atoms with Crippen LogP contribution in [0.3, 0.4) is 0 Å². The van der Waals surface area contributed by atoms with Crippen molar-refractivity contribution in [3.8, 4) is 11.5 Å². The molecule has 3 rings (SSSR count). The zero-order valence-electron chi connectivity index (χ0n) is 19.5. The lowest BCUT2D eigenvalue weighted by molar-refractivity contribution is 0.281. The van der Waals surface area contributed by atoms with Gasteiger partial charge in [0.25, 0.3) is 0 Å². The minimum Gasteiger partial charge on any atom is -0.395 e. The first-order valence-electron chi connectivity index (χ1n) is 10.8. The van der Waals surface area contributed by atoms with Crippen LogP contribution in [0.25, 0.3) is 0 Å². The van der Waals surface area contributed by atoms with Gasteiger partial charge in [-0.1, -0.05) is 79.7 Å². The van der Waals surface area contributed by atoms with E-state index in [2.05, 4.69) is 79.7 Å². The van der Waals surface area contributed by atoms with Gasteiger partial charge < -0.3 is 9.05 Å². The van der Waals surface area contributed by atoms with E-state index in [4.69, 9.17) is 9.05 Å². The Morgan fingerprint density at radius 1 is 0.800 bits per heavy atom. The molecule has 30 heavy (non-hydrogen) atoms. The summed E-state index contributed by atoms with van der Waals surface area (Å²) in [5.41, 5.74) is 5.65. The van der Waals surface area contributed by atoms with Crippen molar-refractivity contribution < 1.29 is 18.5 Å². The number of phosphoric ester groups is 1. The van der Waals surface area contributed by atoms with Gasteiger partial charge in [0.1, 0.15) is 11.5 Å². The van der Waals surface area contributed by atoms with E-state index in [1.54, 1.807) is 0 Å². The van der Waals surface area contributed by atoms with Crippen LogP contribution in [0.15, 0.2) is 24.3 Å². The van der Waals surface area contributed by atoms with Crippen LogP contribution in [0.1, 0.15) is 88.8 Å². The van der Waals surface area contributed by atoms with Crippen molar-refractivity contribution in [2.24, 2.45) is 0 Å². The standard InChI is InChI=1S/C25H35O4P/c1-9-16-11-18-15-19-12-17(10-2)14-21(25(6,7)8)23(19)29-30(26,27)28-22(18)20(13-16)24(3,4)5/h11-14H,9-10,15H2,1-8H3,(H,26,27). The molecule has 1 N–H and O–H groups in total. The second-order valence-electron chi connectivity index (χ2n) is 10.3. The molecule has 1 aliphatic heterocycles. The van der Waals surface area contributed by atoms with Gasteiger partial charge in [-0.15, -0.1) is 0 Å². The van der Waals surface area contributed by atoms with Crippen molar-refractivity contribution in [1.82, 2.24) is 0 Å². The molecule has 0 bridgehead atoms. The quantitative estimate of drug-likeness (QED) is 0.528.